The van der Waals surface area contributed by atoms with Gasteiger partial charge in [-0.2, -0.15) is 0 Å². The molecule has 1 saturated heterocycles. The van der Waals surface area contributed by atoms with E-state index in [0.29, 0.717) is 35.3 Å². The lowest BCUT2D eigenvalue weighted by molar-refractivity contribution is 0.164. The van der Waals surface area contributed by atoms with E-state index in [4.69, 9.17) is 26.7 Å². The maximum absolute atomic E-state index is 13.2. The highest BCUT2D eigenvalue weighted by atomic mass is 35.5. The molecule has 1 unspecified atom stereocenters. The van der Waals surface area contributed by atoms with Crippen molar-refractivity contribution in [1.29, 1.82) is 0 Å². The van der Waals surface area contributed by atoms with Crippen LogP contribution in [0.15, 0.2) is 81.5 Å². The molecule has 0 saturated carbocycles. The van der Waals surface area contributed by atoms with Crippen molar-refractivity contribution in [2.45, 2.75) is 111 Å². The molecule has 1 aliphatic rings. The third-order valence-corrected chi connectivity index (χ3v) is 12.1. The van der Waals surface area contributed by atoms with E-state index in [1.165, 1.54) is 17.2 Å². The molecule has 0 radical (unpaired) electrons. The summed E-state index contributed by atoms with van der Waals surface area (Å²) < 4.78 is 31.3. The Morgan fingerprint density at radius 3 is 2.41 bits per heavy atom. The number of imidazole rings is 1. The SMILES string of the molecule is C=c1nc(C)n([C@@H](CC=NCCC2(c3ccccc3)CCN(CC(/C=C(\C)S(=O)NCCC)=C(Cl)/C=C/F)CC2)CC(CC)CC)/c1=C(C)/C=C\C.CO. The molecule has 2 N–H and O–H groups in total. The zero-order chi connectivity index (χ0) is 40.1. The Hall–Kier alpha value is -2.95. The van der Waals surface area contributed by atoms with Gasteiger partial charge < -0.3 is 9.67 Å². The van der Waals surface area contributed by atoms with Crippen LogP contribution < -0.4 is 15.4 Å². The van der Waals surface area contributed by atoms with Crippen molar-refractivity contribution in [2.75, 3.05) is 39.8 Å². The van der Waals surface area contributed by atoms with E-state index >= 15 is 0 Å². The van der Waals surface area contributed by atoms with Crippen LogP contribution in [-0.4, -0.2) is 69.8 Å². The summed E-state index contributed by atoms with van der Waals surface area (Å²) >= 11 is 6.56. The highest BCUT2D eigenvalue weighted by Gasteiger charge is 2.36. The summed E-state index contributed by atoms with van der Waals surface area (Å²) in [5, 5.41) is 9.29. The van der Waals surface area contributed by atoms with Gasteiger partial charge in [0.05, 0.1) is 17.0 Å². The van der Waals surface area contributed by atoms with Gasteiger partial charge in [-0.1, -0.05) is 94.3 Å². The summed E-state index contributed by atoms with van der Waals surface area (Å²) in [7, 11) is -0.321. The third-order valence-electron chi connectivity index (χ3n) is 10.6. The maximum Gasteiger partial charge on any atom is 0.120 e. The van der Waals surface area contributed by atoms with Crippen LogP contribution in [0, 0.1) is 12.8 Å². The predicted octanol–water partition coefficient (Wildman–Crippen LogP) is 8.75. The minimum atomic E-state index is -1.32. The standard InChI is InChI=1S/C43H63ClFN5OS.CH4O/c1-9-16-33(5)42-35(7)48-36(8)50(42)40(31-37(11-3)12-4)20-26-46-27-21-43(39-17-14-13-15-18-39)22-28-49(29-23-43)32-38(41(44)19-24-45)30-34(6)52(51)47-25-10-2;1-2/h9,13-19,24,26,30,37,40,47H,7,10-12,20-23,25,27-29,31-32H2,1-6,8H3;2H,1H3/b16-9-,24-19+,34-30+,41-38-,42-33+,46-26?;/t40-,52?;/m0./s1. The zero-order valence-corrected chi connectivity index (χ0v) is 35.8. The summed E-state index contributed by atoms with van der Waals surface area (Å²) in [4.78, 5) is 12.9. The fraction of sp³-hybridized carbons (Fsp3) is 0.545. The van der Waals surface area contributed by atoms with Gasteiger partial charge in [0.15, 0.2) is 0 Å². The Bertz CT molecular complexity index is 1700. The normalized spacial score (nSPS) is 17.6. The summed E-state index contributed by atoms with van der Waals surface area (Å²) in [6.07, 6.45) is 18.0. The monoisotopic (exact) mass is 783 g/mol. The number of aliphatic hydroxyl groups excluding tert-OH is 1. The second kappa shape index (κ2) is 25.3. The van der Waals surface area contributed by atoms with Crippen molar-refractivity contribution in [3.05, 3.63) is 98.6 Å². The van der Waals surface area contributed by atoms with E-state index < -0.39 is 11.0 Å². The van der Waals surface area contributed by atoms with Gasteiger partial charge in [0.2, 0.25) is 0 Å². The summed E-state index contributed by atoms with van der Waals surface area (Å²) in [6.45, 7) is 22.7. The number of aliphatic imine (C=N–C) groups is 1. The second-order valence-electron chi connectivity index (χ2n) is 14.2. The fourth-order valence-electron chi connectivity index (χ4n) is 7.49. The molecule has 0 spiro atoms. The van der Waals surface area contributed by atoms with Gasteiger partial charge in [0.25, 0.3) is 0 Å². The maximum atomic E-state index is 13.2. The van der Waals surface area contributed by atoms with E-state index in [0.717, 1.165) is 100 Å². The number of nitrogens with zero attached hydrogens (tertiary/aromatic N) is 4. The number of benzene rings is 1. The minimum absolute atomic E-state index is 0.00328. The van der Waals surface area contributed by atoms with Crippen molar-refractivity contribution in [3.63, 3.8) is 0 Å². The predicted molar refractivity (Wildman–Crippen MR) is 231 cm³/mol. The van der Waals surface area contributed by atoms with Crippen molar-refractivity contribution in [1.82, 2.24) is 19.2 Å². The molecule has 10 heteroatoms. The number of rotatable bonds is 20. The van der Waals surface area contributed by atoms with Crippen molar-refractivity contribution in [3.8, 4) is 0 Å². The molecule has 0 amide bonds. The van der Waals surface area contributed by atoms with Crippen LogP contribution in [0.3, 0.4) is 0 Å². The molecule has 0 aliphatic carbocycles. The molecule has 7 nitrogen and oxygen atoms in total. The van der Waals surface area contributed by atoms with E-state index in [-0.39, 0.29) is 11.5 Å². The lowest BCUT2D eigenvalue weighted by Gasteiger charge is -2.42. The first-order valence-electron chi connectivity index (χ1n) is 19.6. The smallest absolute Gasteiger partial charge is 0.120 e. The number of likely N-dealkylation sites (tertiary alicyclic amines) is 1. The lowest BCUT2D eigenvalue weighted by atomic mass is 9.70. The average molecular weight is 785 g/mol. The largest absolute Gasteiger partial charge is 0.400 e. The number of piperidine rings is 1. The molecule has 2 atom stereocenters. The number of nitrogens with one attached hydrogen (secondary N) is 1. The zero-order valence-electron chi connectivity index (χ0n) is 34.2. The average Bonchev–Trinajstić information content (AvgIpc) is 3.49. The molecule has 2 aromatic rings. The number of aryl methyl sites for hydroxylation is 1. The van der Waals surface area contributed by atoms with E-state index in [2.05, 4.69) is 97.2 Å². The van der Waals surface area contributed by atoms with Crippen LogP contribution in [0.4, 0.5) is 4.39 Å². The van der Waals surface area contributed by atoms with Crippen LogP contribution in [0.25, 0.3) is 12.2 Å². The summed E-state index contributed by atoms with van der Waals surface area (Å²) in [6, 6.07) is 11.1. The molecule has 1 aromatic carbocycles. The fourth-order valence-corrected chi connectivity index (χ4v) is 8.52. The van der Waals surface area contributed by atoms with Gasteiger partial charge in [0.1, 0.15) is 16.8 Å². The third kappa shape index (κ3) is 14.0. The highest BCUT2D eigenvalue weighted by Crippen LogP contribution is 2.39. The number of aliphatic hydroxyl groups is 1. The Morgan fingerprint density at radius 2 is 1.81 bits per heavy atom. The Morgan fingerprint density at radius 1 is 1.15 bits per heavy atom. The summed E-state index contributed by atoms with van der Waals surface area (Å²) in [5.41, 5.74) is 3.31. The van der Waals surface area contributed by atoms with Crippen LogP contribution in [-0.2, 0) is 16.4 Å². The number of hydrogen-bond donors (Lipinski definition) is 2. The van der Waals surface area contributed by atoms with Crippen LogP contribution >= 0.6 is 11.6 Å². The van der Waals surface area contributed by atoms with Gasteiger partial charge in [-0.3, -0.25) is 9.89 Å². The molecule has 2 heterocycles. The first-order chi connectivity index (χ1) is 26.0. The number of allylic oxidation sites excluding steroid dienone is 5. The quantitative estimate of drug-likeness (QED) is 0.104. The van der Waals surface area contributed by atoms with E-state index in [9.17, 15) is 8.60 Å². The van der Waals surface area contributed by atoms with Crippen molar-refractivity contribution < 1.29 is 13.7 Å². The molecule has 1 aliphatic heterocycles. The molecule has 1 aromatic heterocycles. The second-order valence-corrected chi connectivity index (χ2v) is 16.0. The molecule has 1 fully saturated rings. The molecule has 54 heavy (non-hydrogen) atoms. The summed E-state index contributed by atoms with van der Waals surface area (Å²) in [5.74, 6) is 1.64. The minimum Gasteiger partial charge on any atom is -0.400 e. The number of aromatic nitrogens is 2. The molecule has 300 valence electrons. The topological polar surface area (TPSA) is 82.8 Å². The van der Waals surface area contributed by atoms with Crippen molar-refractivity contribution >= 4 is 41.0 Å². The van der Waals surface area contributed by atoms with Gasteiger partial charge in [0, 0.05) is 55.4 Å². The highest BCUT2D eigenvalue weighted by molar-refractivity contribution is 7.87. The molecule has 3 rings (SSSR count). The van der Waals surface area contributed by atoms with Crippen LogP contribution in [0.5, 0.6) is 0 Å². The van der Waals surface area contributed by atoms with E-state index in [1.54, 1.807) is 0 Å². The van der Waals surface area contributed by atoms with Crippen molar-refractivity contribution in [2.24, 2.45) is 10.9 Å². The van der Waals surface area contributed by atoms with Crippen LogP contribution in [0.1, 0.15) is 110 Å². The first-order valence-corrected chi connectivity index (χ1v) is 21.1. The Kier molecular flexibility index (Phi) is 22.1. The number of hydrogen-bond acceptors (Lipinski definition) is 5. The van der Waals surface area contributed by atoms with E-state index in [1.807, 2.05) is 26.8 Å². The Labute approximate surface area is 333 Å². The Balaban J connectivity index is 0.00000495. The molecule has 0 bridgehead atoms. The van der Waals surface area contributed by atoms with Gasteiger partial charge in [-0.05, 0) is 113 Å². The molecular weight excluding hydrogens is 717 g/mol. The van der Waals surface area contributed by atoms with Gasteiger partial charge >= 0.3 is 0 Å². The molecular formula is C44H67ClFN5O2S. The van der Waals surface area contributed by atoms with Gasteiger partial charge in [-0.15, -0.1) is 0 Å². The lowest BCUT2D eigenvalue weighted by Crippen LogP contribution is -2.43. The van der Waals surface area contributed by atoms with Crippen LogP contribution in [0.2, 0.25) is 0 Å². The number of halogens is 2. The van der Waals surface area contributed by atoms with Gasteiger partial charge in [-0.25, -0.2) is 18.3 Å². The first kappa shape index (κ1) is 47.2.